The lowest BCUT2D eigenvalue weighted by atomic mass is 9.93. The summed E-state index contributed by atoms with van der Waals surface area (Å²) in [7, 11) is 0. The molecule has 0 aromatic heterocycles. The van der Waals surface area contributed by atoms with Gasteiger partial charge in [0.1, 0.15) is 5.82 Å². The van der Waals surface area contributed by atoms with Crippen LogP contribution in [0.1, 0.15) is 58.1 Å². The Bertz CT molecular complexity index is 361. The van der Waals surface area contributed by atoms with Crippen LogP contribution in [0.2, 0.25) is 0 Å². The maximum Gasteiger partial charge on any atom is 0.124 e. The second-order valence-electron chi connectivity index (χ2n) is 5.34. The fourth-order valence-corrected chi connectivity index (χ4v) is 2.93. The van der Waals surface area contributed by atoms with Gasteiger partial charge in [0, 0.05) is 10.5 Å². The second-order valence-corrected chi connectivity index (χ2v) is 6.25. The van der Waals surface area contributed by atoms with Crippen molar-refractivity contribution in [3.05, 3.63) is 34.1 Å². The van der Waals surface area contributed by atoms with Gasteiger partial charge >= 0.3 is 0 Å². The Kier molecular flexibility index (Phi) is 7.62. The van der Waals surface area contributed by atoms with Crippen LogP contribution in [0.4, 0.5) is 4.39 Å². The SMILES string of the molecule is CCCNC(CC(C)CCC)c1cc(F)cc(Br)c1. The Balaban J connectivity index is 2.82. The van der Waals surface area contributed by atoms with Gasteiger partial charge in [-0.15, -0.1) is 0 Å². The van der Waals surface area contributed by atoms with Crippen LogP contribution >= 0.6 is 15.9 Å². The lowest BCUT2D eigenvalue weighted by Gasteiger charge is -2.23. The van der Waals surface area contributed by atoms with Crippen LogP contribution in [0.5, 0.6) is 0 Å². The Labute approximate surface area is 125 Å². The standard InChI is InChI=1S/C16H25BrFN/c1-4-6-12(3)8-16(19-7-5-2)13-9-14(17)11-15(18)10-13/h9-12,16,19H,4-8H2,1-3H3. The van der Waals surface area contributed by atoms with Gasteiger partial charge in [-0.2, -0.15) is 0 Å². The summed E-state index contributed by atoms with van der Waals surface area (Å²) < 4.78 is 14.4. The molecule has 0 saturated heterocycles. The van der Waals surface area contributed by atoms with Gasteiger partial charge in [-0.3, -0.25) is 0 Å². The summed E-state index contributed by atoms with van der Waals surface area (Å²) in [5.41, 5.74) is 1.04. The first-order chi connectivity index (χ1) is 9.06. The van der Waals surface area contributed by atoms with E-state index < -0.39 is 0 Å². The van der Waals surface area contributed by atoms with Crippen molar-refractivity contribution in [1.29, 1.82) is 0 Å². The molecule has 0 bridgehead atoms. The number of halogens is 2. The highest BCUT2D eigenvalue weighted by Crippen LogP contribution is 2.27. The Morgan fingerprint density at radius 3 is 2.53 bits per heavy atom. The van der Waals surface area contributed by atoms with E-state index in [0.717, 1.165) is 29.4 Å². The van der Waals surface area contributed by atoms with Crippen molar-refractivity contribution >= 4 is 15.9 Å². The zero-order valence-corrected chi connectivity index (χ0v) is 13.8. The highest BCUT2D eigenvalue weighted by Gasteiger charge is 2.15. The molecule has 1 aromatic rings. The van der Waals surface area contributed by atoms with Crippen molar-refractivity contribution in [1.82, 2.24) is 5.32 Å². The average Bonchev–Trinajstić information content (AvgIpc) is 2.33. The fourth-order valence-electron chi connectivity index (χ4n) is 2.45. The molecule has 0 amide bonds. The first-order valence-corrected chi connectivity index (χ1v) is 8.05. The monoisotopic (exact) mass is 329 g/mol. The van der Waals surface area contributed by atoms with Crippen LogP contribution < -0.4 is 5.32 Å². The Morgan fingerprint density at radius 2 is 1.95 bits per heavy atom. The predicted octanol–water partition coefficient (Wildman–Crippen LogP) is 5.46. The topological polar surface area (TPSA) is 12.0 Å². The minimum atomic E-state index is -0.171. The van der Waals surface area contributed by atoms with Crippen LogP contribution in [0.15, 0.2) is 22.7 Å². The molecular weight excluding hydrogens is 305 g/mol. The minimum absolute atomic E-state index is 0.171. The zero-order valence-electron chi connectivity index (χ0n) is 12.2. The first-order valence-electron chi connectivity index (χ1n) is 7.26. The maximum absolute atomic E-state index is 13.5. The Hall–Kier alpha value is -0.410. The molecule has 0 aliphatic heterocycles. The van der Waals surface area contributed by atoms with Gasteiger partial charge in [0.2, 0.25) is 0 Å². The number of hydrogen-bond acceptors (Lipinski definition) is 1. The normalized spacial score (nSPS) is 14.4. The molecule has 1 rings (SSSR count). The van der Waals surface area contributed by atoms with E-state index in [0.29, 0.717) is 5.92 Å². The van der Waals surface area contributed by atoms with Crippen molar-refractivity contribution in [2.75, 3.05) is 6.54 Å². The highest BCUT2D eigenvalue weighted by molar-refractivity contribution is 9.10. The number of rotatable bonds is 8. The van der Waals surface area contributed by atoms with Crippen LogP contribution in [-0.4, -0.2) is 6.54 Å². The molecule has 1 nitrogen and oxygen atoms in total. The van der Waals surface area contributed by atoms with Gasteiger partial charge in [0.15, 0.2) is 0 Å². The number of nitrogens with one attached hydrogen (secondary N) is 1. The fraction of sp³-hybridized carbons (Fsp3) is 0.625. The molecule has 2 unspecified atom stereocenters. The van der Waals surface area contributed by atoms with Gasteiger partial charge in [-0.1, -0.05) is 49.5 Å². The van der Waals surface area contributed by atoms with Gasteiger partial charge in [-0.25, -0.2) is 4.39 Å². The smallest absolute Gasteiger partial charge is 0.124 e. The molecule has 0 aliphatic rings. The molecule has 0 spiro atoms. The number of benzene rings is 1. The molecule has 2 atom stereocenters. The van der Waals surface area contributed by atoms with E-state index in [2.05, 4.69) is 42.0 Å². The molecule has 108 valence electrons. The summed E-state index contributed by atoms with van der Waals surface area (Å²) in [6.07, 6.45) is 4.58. The predicted molar refractivity (Wildman–Crippen MR) is 83.8 cm³/mol. The molecule has 0 saturated carbocycles. The molecule has 3 heteroatoms. The molecule has 0 fully saturated rings. The first kappa shape index (κ1) is 16.6. The third-order valence-electron chi connectivity index (χ3n) is 3.35. The molecule has 1 N–H and O–H groups in total. The zero-order chi connectivity index (χ0) is 14.3. The Morgan fingerprint density at radius 1 is 1.21 bits per heavy atom. The van der Waals surface area contributed by atoms with Crippen molar-refractivity contribution in [2.45, 2.75) is 52.5 Å². The van der Waals surface area contributed by atoms with Crippen molar-refractivity contribution in [2.24, 2.45) is 5.92 Å². The summed E-state index contributed by atoms with van der Waals surface area (Å²) >= 11 is 3.38. The average molecular weight is 330 g/mol. The van der Waals surface area contributed by atoms with E-state index in [-0.39, 0.29) is 11.9 Å². The number of hydrogen-bond donors (Lipinski definition) is 1. The van der Waals surface area contributed by atoms with E-state index >= 15 is 0 Å². The lowest BCUT2D eigenvalue weighted by Crippen LogP contribution is -2.24. The van der Waals surface area contributed by atoms with Crippen molar-refractivity contribution in [3.63, 3.8) is 0 Å². The lowest BCUT2D eigenvalue weighted by molar-refractivity contribution is 0.389. The van der Waals surface area contributed by atoms with E-state index in [9.17, 15) is 4.39 Å². The molecular formula is C16H25BrFN. The summed E-state index contributed by atoms with van der Waals surface area (Å²) in [5, 5.41) is 3.54. The molecule has 0 aliphatic carbocycles. The van der Waals surface area contributed by atoms with Gasteiger partial charge in [-0.05, 0) is 49.1 Å². The summed E-state index contributed by atoms with van der Waals surface area (Å²) in [4.78, 5) is 0. The molecule has 1 aromatic carbocycles. The largest absolute Gasteiger partial charge is 0.310 e. The maximum atomic E-state index is 13.5. The van der Waals surface area contributed by atoms with Gasteiger partial charge in [0.25, 0.3) is 0 Å². The second kappa shape index (κ2) is 8.70. The highest BCUT2D eigenvalue weighted by atomic mass is 79.9. The van der Waals surface area contributed by atoms with Crippen molar-refractivity contribution < 1.29 is 4.39 Å². The summed E-state index contributed by atoms with van der Waals surface area (Å²) in [6, 6.07) is 5.43. The van der Waals surface area contributed by atoms with E-state index in [1.807, 2.05) is 6.07 Å². The minimum Gasteiger partial charge on any atom is -0.310 e. The van der Waals surface area contributed by atoms with Crippen molar-refractivity contribution in [3.8, 4) is 0 Å². The van der Waals surface area contributed by atoms with Crippen LogP contribution in [-0.2, 0) is 0 Å². The molecule has 0 heterocycles. The van der Waals surface area contributed by atoms with Crippen LogP contribution in [0.25, 0.3) is 0 Å². The van der Waals surface area contributed by atoms with E-state index in [1.54, 1.807) is 6.07 Å². The summed E-state index contributed by atoms with van der Waals surface area (Å²) in [6.45, 7) is 7.61. The van der Waals surface area contributed by atoms with E-state index in [1.165, 1.54) is 18.9 Å². The third kappa shape index (κ3) is 6.05. The quantitative estimate of drug-likeness (QED) is 0.668. The van der Waals surface area contributed by atoms with Gasteiger partial charge < -0.3 is 5.32 Å². The van der Waals surface area contributed by atoms with E-state index in [4.69, 9.17) is 0 Å². The van der Waals surface area contributed by atoms with Gasteiger partial charge in [0.05, 0.1) is 0 Å². The molecule has 0 radical (unpaired) electrons. The van der Waals surface area contributed by atoms with Crippen LogP contribution in [0, 0.1) is 11.7 Å². The third-order valence-corrected chi connectivity index (χ3v) is 3.81. The molecule has 19 heavy (non-hydrogen) atoms. The van der Waals surface area contributed by atoms with Crippen LogP contribution in [0.3, 0.4) is 0 Å². The summed E-state index contributed by atoms with van der Waals surface area (Å²) in [5.74, 6) is 0.484.